The van der Waals surface area contributed by atoms with Crippen molar-refractivity contribution < 1.29 is 4.79 Å². The third-order valence-electron chi connectivity index (χ3n) is 4.01. The average molecular weight is 260 g/mol. The zero-order valence-electron chi connectivity index (χ0n) is 11.4. The first-order valence-electron chi connectivity index (χ1n) is 6.94. The summed E-state index contributed by atoms with van der Waals surface area (Å²) in [6.07, 6.45) is 6.15. The van der Waals surface area contributed by atoms with E-state index in [4.69, 9.17) is 11.6 Å². The van der Waals surface area contributed by atoms with Crippen LogP contribution in [0.1, 0.15) is 52.9 Å². The molecule has 0 saturated heterocycles. The molecule has 0 aliphatic heterocycles. The van der Waals surface area contributed by atoms with Crippen LogP contribution in [0, 0.1) is 11.8 Å². The van der Waals surface area contributed by atoms with Gasteiger partial charge in [0.15, 0.2) is 0 Å². The summed E-state index contributed by atoms with van der Waals surface area (Å²) in [5.74, 6) is 1.36. The Morgan fingerprint density at radius 1 is 1.24 bits per heavy atom. The van der Waals surface area contributed by atoms with Crippen molar-refractivity contribution in [1.29, 1.82) is 0 Å². The molecule has 1 atom stereocenters. The van der Waals surface area contributed by atoms with Crippen molar-refractivity contribution in [1.82, 2.24) is 4.90 Å². The first-order valence-corrected chi connectivity index (χ1v) is 7.47. The van der Waals surface area contributed by atoms with Crippen molar-refractivity contribution in [2.24, 2.45) is 11.8 Å². The molecule has 2 nitrogen and oxygen atoms in total. The van der Waals surface area contributed by atoms with Gasteiger partial charge in [-0.2, -0.15) is 0 Å². The number of hydrogen-bond acceptors (Lipinski definition) is 1. The van der Waals surface area contributed by atoms with Crippen molar-refractivity contribution in [2.75, 3.05) is 12.4 Å². The SMILES string of the molecule is CC(C)C(C)C(=O)N(CCCl)C1CCCCC1. The van der Waals surface area contributed by atoms with Crippen LogP contribution in [-0.4, -0.2) is 29.3 Å². The maximum absolute atomic E-state index is 12.4. The Bertz CT molecular complexity index is 236. The average Bonchev–Trinajstić information content (AvgIpc) is 2.35. The van der Waals surface area contributed by atoms with Gasteiger partial charge in [0.2, 0.25) is 5.91 Å². The van der Waals surface area contributed by atoms with Crippen LogP contribution in [0.15, 0.2) is 0 Å². The molecular formula is C14H26ClNO. The Balaban J connectivity index is 2.66. The van der Waals surface area contributed by atoms with Crippen LogP contribution in [-0.2, 0) is 4.79 Å². The largest absolute Gasteiger partial charge is 0.338 e. The number of nitrogens with zero attached hydrogens (tertiary/aromatic N) is 1. The first-order chi connectivity index (χ1) is 8.07. The highest BCUT2D eigenvalue weighted by Crippen LogP contribution is 2.25. The summed E-state index contributed by atoms with van der Waals surface area (Å²) in [6, 6.07) is 0.441. The second kappa shape index (κ2) is 7.25. The monoisotopic (exact) mass is 259 g/mol. The Kier molecular flexibility index (Phi) is 6.32. The lowest BCUT2D eigenvalue weighted by molar-refractivity contribution is -0.139. The summed E-state index contributed by atoms with van der Waals surface area (Å²) in [4.78, 5) is 14.5. The van der Waals surface area contributed by atoms with E-state index < -0.39 is 0 Å². The molecule has 0 aromatic heterocycles. The van der Waals surface area contributed by atoms with E-state index in [1.54, 1.807) is 0 Å². The molecule has 0 radical (unpaired) electrons. The van der Waals surface area contributed by atoms with E-state index in [2.05, 4.69) is 18.7 Å². The summed E-state index contributed by atoms with van der Waals surface area (Å²) in [5.41, 5.74) is 0. The third-order valence-corrected chi connectivity index (χ3v) is 4.18. The summed E-state index contributed by atoms with van der Waals surface area (Å²) >= 11 is 5.85. The number of carbonyl (C=O) groups is 1. The van der Waals surface area contributed by atoms with Crippen LogP contribution >= 0.6 is 11.6 Å². The molecule has 17 heavy (non-hydrogen) atoms. The van der Waals surface area contributed by atoms with Crippen LogP contribution in [0.5, 0.6) is 0 Å². The Labute approximate surface area is 111 Å². The van der Waals surface area contributed by atoms with Crippen molar-refractivity contribution in [3.8, 4) is 0 Å². The molecule has 1 amide bonds. The summed E-state index contributed by atoms with van der Waals surface area (Å²) < 4.78 is 0. The van der Waals surface area contributed by atoms with E-state index in [9.17, 15) is 4.79 Å². The fourth-order valence-corrected chi connectivity index (χ4v) is 2.69. The summed E-state index contributed by atoms with van der Waals surface area (Å²) in [6.45, 7) is 6.98. The van der Waals surface area contributed by atoms with E-state index in [0.717, 1.165) is 12.8 Å². The van der Waals surface area contributed by atoms with Gasteiger partial charge in [-0.25, -0.2) is 0 Å². The number of halogens is 1. The van der Waals surface area contributed by atoms with Crippen molar-refractivity contribution in [2.45, 2.75) is 58.9 Å². The highest BCUT2D eigenvalue weighted by Gasteiger charge is 2.29. The molecule has 1 fully saturated rings. The molecule has 3 heteroatoms. The maximum Gasteiger partial charge on any atom is 0.225 e. The van der Waals surface area contributed by atoms with Gasteiger partial charge in [0, 0.05) is 24.4 Å². The second-order valence-electron chi connectivity index (χ2n) is 5.55. The zero-order valence-corrected chi connectivity index (χ0v) is 12.2. The lowest BCUT2D eigenvalue weighted by Gasteiger charge is -2.36. The molecule has 0 aromatic rings. The van der Waals surface area contributed by atoms with Gasteiger partial charge >= 0.3 is 0 Å². The van der Waals surface area contributed by atoms with Crippen molar-refractivity contribution in [3.05, 3.63) is 0 Å². The van der Waals surface area contributed by atoms with Gasteiger partial charge in [0.25, 0.3) is 0 Å². The third kappa shape index (κ3) is 4.17. The summed E-state index contributed by atoms with van der Waals surface area (Å²) in [5, 5.41) is 0. The number of amides is 1. The number of hydrogen-bond donors (Lipinski definition) is 0. The predicted octanol–water partition coefficient (Wildman–Crippen LogP) is 3.68. The molecule has 1 saturated carbocycles. The lowest BCUT2D eigenvalue weighted by atomic mass is 9.91. The van der Waals surface area contributed by atoms with E-state index >= 15 is 0 Å². The maximum atomic E-state index is 12.4. The molecule has 1 aliphatic carbocycles. The van der Waals surface area contributed by atoms with Gasteiger partial charge in [-0.15, -0.1) is 11.6 Å². The molecule has 1 aliphatic rings. The molecule has 0 bridgehead atoms. The quantitative estimate of drug-likeness (QED) is 0.690. The minimum Gasteiger partial charge on any atom is -0.338 e. The van der Waals surface area contributed by atoms with Gasteiger partial charge in [0.1, 0.15) is 0 Å². The van der Waals surface area contributed by atoms with Gasteiger partial charge in [-0.1, -0.05) is 40.0 Å². The molecule has 0 N–H and O–H groups in total. The number of alkyl halides is 1. The molecule has 0 spiro atoms. The number of rotatable bonds is 5. The summed E-state index contributed by atoms with van der Waals surface area (Å²) in [7, 11) is 0. The van der Waals surface area contributed by atoms with Crippen molar-refractivity contribution >= 4 is 17.5 Å². The van der Waals surface area contributed by atoms with E-state index in [-0.39, 0.29) is 5.92 Å². The van der Waals surface area contributed by atoms with Crippen LogP contribution in [0.25, 0.3) is 0 Å². The zero-order chi connectivity index (χ0) is 12.8. The van der Waals surface area contributed by atoms with Gasteiger partial charge in [0.05, 0.1) is 0 Å². The minimum atomic E-state index is 0.111. The fourth-order valence-electron chi connectivity index (χ4n) is 2.50. The standard InChI is InChI=1S/C14H26ClNO/c1-11(2)12(3)14(17)16(10-9-15)13-7-5-4-6-8-13/h11-13H,4-10H2,1-3H3. The van der Waals surface area contributed by atoms with Crippen molar-refractivity contribution in [3.63, 3.8) is 0 Å². The number of carbonyl (C=O) groups excluding carboxylic acids is 1. The topological polar surface area (TPSA) is 20.3 Å². The van der Waals surface area contributed by atoms with Crippen LogP contribution < -0.4 is 0 Å². The van der Waals surface area contributed by atoms with E-state index in [1.165, 1.54) is 19.3 Å². The van der Waals surface area contributed by atoms with Gasteiger partial charge in [-0.3, -0.25) is 4.79 Å². The van der Waals surface area contributed by atoms with Gasteiger partial charge < -0.3 is 4.90 Å². The smallest absolute Gasteiger partial charge is 0.225 e. The molecule has 0 aromatic carbocycles. The fraction of sp³-hybridized carbons (Fsp3) is 0.929. The van der Waals surface area contributed by atoms with Crippen LogP contribution in [0.4, 0.5) is 0 Å². The second-order valence-corrected chi connectivity index (χ2v) is 5.92. The minimum absolute atomic E-state index is 0.111. The van der Waals surface area contributed by atoms with Crippen LogP contribution in [0.3, 0.4) is 0 Å². The Morgan fingerprint density at radius 3 is 2.29 bits per heavy atom. The molecule has 100 valence electrons. The normalized spacial score (nSPS) is 19.4. The molecule has 1 unspecified atom stereocenters. The first kappa shape index (κ1) is 14.8. The molecular weight excluding hydrogens is 234 g/mol. The Hall–Kier alpha value is -0.240. The Morgan fingerprint density at radius 2 is 1.82 bits per heavy atom. The highest BCUT2D eigenvalue weighted by molar-refractivity contribution is 6.18. The van der Waals surface area contributed by atoms with E-state index in [1.807, 2.05) is 6.92 Å². The molecule has 0 heterocycles. The lowest BCUT2D eigenvalue weighted by Crippen LogP contribution is -2.45. The highest BCUT2D eigenvalue weighted by atomic mass is 35.5. The van der Waals surface area contributed by atoms with Crippen LogP contribution in [0.2, 0.25) is 0 Å². The van der Waals surface area contributed by atoms with E-state index in [0.29, 0.717) is 30.3 Å². The van der Waals surface area contributed by atoms with Gasteiger partial charge in [-0.05, 0) is 18.8 Å². The molecule has 1 rings (SSSR count). The predicted molar refractivity (Wildman–Crippen MR) is 73.3 cm³/mol.